The molecule has 1 saturated heterocycles. The topological polar surface area (TPSA) is 76.8 Å². The van der Waals surface area contributed by atoms with Crippen LogP contribution in [0.4, 0.5) is 0 Å². The molecule has 0 N–H and O–H groups in total. The van der Waals surface area contributed by atoms with Gasteiger partial charge in [-0.15, -0.1) is 0 Å². The van der Waals surface area contributed by atoms with Crippen molar-refractivity contribution < 1.29 is 22.4 Å². The Bertz CT molecular complexity index is 1450. The van der Waals surface area contributed by atoms with Crippen LogP contribution in [0.25, 0.3) is 21.9 Å². The van der Waals surface area contributed by atoms with Crippen molar-refractivity contribution in [1.82, 2.24) is 4.31 Å². The Hall–Kier alpha value is -2.87. The minimum atomic E-state index is -3.81. The zero-order valence-electron chi connectivity index (χ0n) is 17.8. The van der Waals surface area contributed by atoms with Gasteiger partial charge in [-0.05, 0) is 55.3 Å². The molecule has 0 unspecified atom stereocenters. The number of hydrogen-bond acceptors (Lipinski definition) is 5. The van der Waals surface area contributed by atoms with Gasteiger partial charge in [0.2, 0.25) is 10.0 Å². The van der Waals surface area contributed by atoms with Crippen LogP contribution >= 0.6 is 11.6 Å². The zero-order chi connectivity index (χ0) is 23.0. The van der Waals surface area contributed by atoms with E-state index in [-0.39, 0.29) is 15.5 Å². The maximum absolute atomic E-state index is 13.2. The standard InChI is InChI=1S/C25H22ClNO5S/c26-21-11-9-17(15-24(21)33(29,30)27-13-5-1-2-6-14-27)25(28)31-18-10-12-23-20(16-18)19-7-3-4-8-22(19)32-23/h3-4,7-12,15-16H,1-2,5-6,13-14H2. The fourth-order valence-corrected chi connectivity index (χ4v) is 6.20. The highest BCUT2D eigenvalue weighted by atomic mass is 35.5. The normalized spacial score (nSPS) is 15.5. The second kappa shape index (κ2) is 8.82. The van der Waals surface area contributed by atoms with E-state index in [9.17, 15) is 13.2 Å². The van der Waals surface area contributed by atoms with Gasteiger partial charge in [-0.3, -0.25) is 0 Å². The summed E-state index contributed by atoms with van der Waals surface area (Å²) in [6.07, 6.45) is 3.62. The van der Waals surface area contributed by atoms with Gasteiger partial charge in [0.25, 0.3) is 0 Å². The van der Waals surface area contributed by atoms with Crippen molar-refractivity contribution in [2.75, 3.05) is 13.1 Å². The molecule has 1 aromatic heterocycles. The van der Waals surface area contributed by atoms with Crippen LogP contribution in [-0.4, -0.2) is 31.8 Å². The van der Waals surface area contributed by atoms with Crippen molar-refractivity contribution in [3.63, 3.8) is 0 Å². The maximum Gasteiger partial charge on any atom is 0.343 e. The number of para-hydroxylation sites is 1. The van der Waals surface area contributed by atoms with E-state index >= 15 is 0 Å². The summed E-state index contributed by atoms with van der Waals surface area (Å²) in [6, 6.07) is 16.9. The van der Waals surface area contributed by atoms with Gasteiger partial charge in [-0.1, -0.05) is 42.6 Å². The highest BCUT2D eigenvalue weighted by Gasteiger charge is 2.28. The number of hydrogen-bond donors (Lipinski definition) is 0. The van der Waals surface area contributed by atoms with Gasteiger partial charge in [0.1, 0.15) is 21.8 Å². The van der Waals surface area contributed by atoms with E-state index in [0.29, 0.717) is 24.4 Å². The predicted octanol–water partition coefficient (Wildman–Crippen LogP) is 6.02. The second-order valence-corrected chi connectivity index (χ2v) is 10.4. The lowest BCUT2D eigenvalue weighted by molar-refractivity contribution is 0.0734. The molecular weight excluding hydrogens is 462 g/mol. The van der Waals surface area contributed by atoms with E-state index in [1.54, 1.807) is 18.2 Å². The van der Waals surface area contributed by atoms with E-state index in [1.165, 1.54) is 22.5 Å². The summed E-state index contributed by atoms with van der Waals surface area (Å²) in [5.74, 6) is -0.322. The zero-order valence-corrected chi connectivity index (χ0v) is 19.4. The number of esters is 1. The molecule has 3 aromatic carbocycles. The molecule has 8 heteroatoms. The molecule has 1 aliphatic rings. The molecule has 0 spiro atoms. The van der Waals surface area contributed by atoms with E-state index in [4.69, 9.17) is 20.8 Å². The van der Waals surface area contributed by atoms with Gasteiger partial charge in [0.15, 0.2) is 0 Å². The molecule has 0 saturated carbocycles. The van der Waals surface area contributed by atoms with Crippen LogP contribution in [0.5, 0.6) is 5.75 Å². The smallest absolute Gasteiger partial charge is 0.343 e. The highest BCUT2D eigenvalue weighted by Crippen LogP contribution is 2.32. The van der Waals surface area contributed by atoms with E-state index in [2.05, 4.69) is 0 Å². The maximum atomic E-state index is 13.2. The third-order valence-corrected chi connectivity index (χ3v) is 8.29. The second-order valence-electron chi connectivity index (χ2n) is 8.11. The van der Waals surface area contributed by atoms with Crippen LogP contribution in [0, 0.1) is 0 Å². The third kappa shape index (κ3) is 4.24. The van der Waals surface area contributed by atoms with Gasteiger partial charge in [-0.25, -0.2) is 13.2 Å². The van der Waals surface area contributed by atoms with Crippen LogP contribution in [0.3, 0.4) is 0 Å². The van der Waals surface area contributed by atoms with Gasteiger partial charge in [0, 0.05) is 23.9 Å². The number of nitrogens with zero attached hydrogens (tertiary/aromatic N) is 1. The number of sulfonamides is 1. The number of carbonyl (C=O) groups is 1. The molecule has 0 amide bonds. The fourth-order valence-electron chi connectivity index (χ4n) is 4.18. The van der Waals surface area contributed by atoms with Crippen molar-refractivity contribution >= 4 is 49.5 Å². The number of ether oxygens (including phenoxy) is 1. The monoisotopic (exact) mass is 483 g/mol. The first-order valence-electron chi connectivity index (χ1n) is 10.9. The molecule has 170 valence electrons. The van der Waals surface area contributed by atoms with E-state index in [1.807, 2.05) is 24.3 Å². The molecule has 5 rings (SSSR count). The van der Waals surface area contributed by atoms with Crippen LogP contribution in [0.1, 0.15) is 36.0 Å². The lowest BCUT2D eigenvalue weighted by Gasteiger charge is -2.21. The summed E-state index contributed by atoms with van der Waals surface area (Å²) in [7, 11) is -3.81. The lowest BCUT2D eigenvalue weighted by atomic mass is 10.1. The number of fused-ring (bicyclic) bond motifs is 3. The molecule has 1 aliphatic heterocycles. The Morgan fingerprint density at radius 3 is 2.39 bits per heavy atom. The first kappa shape index (κ1) is 21.9. The van der Waals surface area contributed by atoms with Crippen LogP contribution in [0.15, 0.2) is 70.0 Å². The summed E-state index contributed by atoms with van der Waals surface area (Å²) < 4.78 is 39.3. The molecule has 33 heavy (non-hydrogen) atoms. The van der Waals surface area contributed by atoms with Crippen molar-refractivity contribution in [3.8, 4) is 5.75 Å². The number of benzene rings is 3. The minimum Gasteiger partial charge on any atom is -0.456 e. The summed E-state index contributed by atoms with van der Waals surface area (Å²) in [4.78, 5) is 12.8. The Labute approximate surface area is 196 Å². The molecule has 0 aliphatic carbocycles. The van der Waals surface area contributed by atoms with Crippen LogP contribution in [0.2, 0.25) is 5.02 Å². The van der Waals surface area contributed by atoms with Gasteiger partial charge >= 0.3 is 5.97 Å². The van der Waals surface area contributed by atoms with Crippen molar-refractivity contribution in [3.05, 3.63) is 71.2 Å². The summed E-state index contributed by atoms with van der Waals surface area (Å²) in [5, 5.41) is 1.83. The first-order chi connectivity index (χ1) is 15.9. The SMILES string of the molecule is O=C(Oc1ccc2oc3ccccc3c2c1)c1ccc(Cl)c(S(=O)(=O)N2CCCCCC2)c1. The lowest BCUT2D eigenvalue weighted by Crippen LogP contribution is -2.32. The van der Waals surface area contributed by atoms with Crippen LogP contribution < -0.4 is 4.74 Å². The molecule has 6 nitrogen and oxygen atoms in total. The largest absolute Gasteiger partial charge is 0.456 e. The van der Waals surface area contributed by atoms with Gasteiger partial charge in [0.05, 0.1) is 10.6 Å². The molecule has 0 radical (unpaired) electrons. The van der Waals surface area contributed by atoms with E-state index < -0.39 is 16.0 Å². The van der Waals surface area contributed by atoms with Crippen molar-refractivity contribution in [2.24, 2.45) is 0 Å². The van der Waals surface area contributed by atoms with Crippen molar-refractivity contribution in [1.29, 1.82) is 0 Å². The fraction of sp³-hybridized carbons (Fsp3) is 0.240. The third-order valence-electron chi connectivity index (χ3n) is 5.91. The quantitative estimate of drug-likeness (QED) is 0.262. The number of rotatable bonds is 4. The molecule has 1 fully saturated rings. The molecule has 4 aromatic rings. The van der Waals surface area contributed by atoms with E-state index in [0.717, 1.165) is 42.0 Å². The molecular formula is C25H22ClNO5S. The van der Waals surface area contributed by atoms with Gasteiger partial charge in [-0.2, -0.15) is 4.31 Å². The summed E-state index contributed by atoms with van der Waals surface area (Å²) in [5.41, 5.74) is 1.55. The minimum absolute atomic E-state index is 0.0724. The van der Waals surface area contributed by atoms with Crippen LogP contribution in [-0.2, 0) is 10.0 Å². The molecule has 0 atom stereocenters. The average Bonchev–Trinajstić information content (AvgIpc) is 2.97. The predicted molar refractivity (Wildman–Crippen MR) is 127 cm³/mol. The average molecular weight is 484 g/mol. The molecule has 2 heterocycles. The number of carbonyl (C=O) groups excluding carboxylic acids is 1. The Morgan fingerprint density at radius 1 is 0.879 bits per heavy atom. The summed E-state index contributed by atoms with van der Waals surface area (Å²) in [6.45, 7) is 0.901. The Kier molecular flexibility index (Phi) is 5.86. The number of furan rings is 1. The Morgan fingerprint density at radius 2 is 1.61 bits per heavy atom. The van der Waals surface area contributed by atoms with Gasteiger partial charge < -0.3 is 9.15 Å². The first-order valence-corrected chi connectivity index (χ1v) is 12.7. The highest BCUT2D eigenvalue weighted by molar-refractivity contribution is 7.89. The summed E-state index contributed by atoms with van der Waals surface area (Å²) >= 11 is 6.25. The molecule has 0 bridgehead atoms. The number of halogens is 1. The van der Waals surface area contributed by atoms with Crippen molar-refractivity contribution in [2.45, 2.75) is 30.6 Å². The Balaban J connectivity index is 1.44.